The van der Waals surface area contributed by atoms with Crippen LogP contribution in [0.4, 0.5) is 0 Å². The third-order valence-electron chi connectivity index (χ3n) is 6.52. The van der Waals surface area contributed by atoms with E-state index in [1.54, 1.807) is 24.3 Å². The molecule has 0 saturated carbocycles. The average molecular weight is 582 g/mol. The van der Waals surface area contributed by atoms with Crippen molar-refractivity contribution < 1.29 is 14.3 Å². The van der Waals surface area contributed by atoms with Gasteiger partial charge in [-0.2, -0.15) is 0 Å². The molecule has 0 aliphatic carbocycles. The Morgan fingerprint density at radius 1 is 0.789 bits per heavy atom. The topological polar surface area (TPSA) is 61.3 Å². The zero-order valence-electron chi connectivity index (χ0n) is 22.9. The van der Waals surface area contributed by atoms with Gasteiger partial charge in [-0.15, -0.1) is 0 Å². The van der Waals surface area contributed by atoms with Crippen molar-refractivity contribution in [2.75, 3.05) is 6.61 Å². The fourth-order valence-corrected chi connectivity index (χ4v) is 4.71. The summed E-state index contributed by atoms with van der Waals surface area (Å²) in [6, 6.07) is 12.6. The van der Waals surface area contributed by atoms with Gasteiger partial charge in [-0.1, -0.05) is 71.6 Å². The van der Waals surface area contributed by atoms with Gasteiger partial charge in [0.25, 0.3) is 0 Å². The molecule has 0 aliphatic rings. The van der Waals surface area contributed by atoms with Crippen molar-refractivity contribution >= 4 is 21.9 Å². The summed E-state index contributed by atoms with van der Waals surface area (Å²) in [6.45, 7) is 5.12. The first-order valence-electron chi connectivity index (χ1n) is 14.2. The van der Waals surface area contributed by atoms with Gasteiger partial charge in [-0.05, 0) is 83.2 Å². The first-order valence-corrected chi connectivity index (χ1v) is 15.0. The monoisotopic (exact) mass is 580 g/mol. The van der Waals surface area contributed by atoms with E-state index in [0.29, 0.717) is 23.7 Å². The Balaban J connectivity index is 1.46. The standard InChI is InChI=1S/C32H41BrN2O3/c1-3-5-7-9-10-12-14-25-23-34-31(35-24-25)26-15-18-28(19-16-26)38-32(36)27-17-20-30(29(33)22-27)37-21-13-11-8-6-4-2/h15-20,22-24H,3-14,21H2,1-2H3. The molecular weight excluding hydrogens is 540 g/mol. The molecule has 2 aromatic carbocycles. The van der Waals surface area contributed by atoms with Crippen LogP contribution in [-0.2, 0) is 6.42 Å². The van der Waals surface area contributed by atoms with Crippen molar-refractivity contribution in [1.82, 2.24) is 9.97 Å². The molecule has 1 aromatic heterocycles. The summed E-state index contributed by atoms with van der Waals surface area (Å²) in [4.78, 5) is 21.8. The Morgan fingerprint density at radius 3 is 2.08 bits per heavy atom. The number of unbranched alkanes of at least 4 members (excludes halogenated alkanes) is 9. The smallest absolute Gasteiger partial charge is 0.343 e. The molecule has 6 heteroatoms. The number of hydrogen-bond donors (Lipinski definition) is 0. The highest BCUT2D eigenvalue weighted by molar-refractivity contribution is 9.10. The van der Waals surface area contributed by atoms with E-state index >= 15 is 0 Å². The lowest BCUT2D eigenvalue weighted by molar-refractivity contribution is 0.0734. The molecule has 3 aromatic rings. The molecule has 0 fully saturated rings. The van der Waals surface area contributed by atoms with Crippen molar-refractivity contribution in [2.24, 2.45) is 0 Å². The van der Waals surface area contributed by atoms with Gasteiger partial charge in [0.05, 0.1) is 16.6 Å². The van der Waals surface area contributed by atoms with Crippen LogP contribution in [-0.4, -0.2) is 22.5 Å². The summed E-state index contributed by atoms with van der Waals surface area (Å²) in [7, 11) is 0. The maximum Gasteiger partial charge on any atom is 0.343 e. The number of aromatic nitrogens is 2. The number of ether oxygens (including phenoxy) is 2. The van der Waals surface area contributed by atoms with E-state index in [1.807, 2.05) is 30.6 Å². The van der Waals surface area contributed by atoms with Crippen molar-refractivity contribution in [2.45, 2.75) is 90.9 Å². The number of esters is 1. The summed E-state index contributed by atoms with van der Waals surface area (Å²) >= 11 is 3.51. The van der Waals surface area contributed by atoms with Crippen molar-refractivity contribution in [3.63, 3.8) is 0 Å². The molecule has 0 bridgehead atoms. The maximum absolute atomic E-state index is 12.7. The van der Waals surface area contributed by atoms with Crippen LogP contribution >= 0.6 is 15.9 Å². The second-order valence-electron chi connectivity index (χ2n) is 9.75. The molecule has 0 amide bonds. The lowest BCUT2D eigenvalue weighted by Gasteiger charge is -2.10. The van der Waals surface area contributed by atoms with Crippen LogP contribution in [0.2, 0.25) is 0 Å². The number of nitrogens with zero attached hydrogens (tertiary/aromatic N) is 2. The van der Waals surface area contributed by atoms with Gasteiger partial charge in [-0.25, -0.2) is 14.8 Å². The van der Waals surface area contributed by atoms with E-state index in [-0.39, 0.29) is 0 Å². The molecule has 0 N–H and O–H groups in total. The van der Waals surface area contributed by atoms with E-state index in [4.69, 9.17) is 9.47 Å². The summed E-state index contributed by atoms with van der Waals surface area (Å²) in [5.41, 5.74) is 2.51. The van der Waals surface area contributed by atoms with Crippen LogP contribution in [0.1, 0.15) is 100 Å². The maximum atomic E-state index is 12.7. The number of benzene rings is 2. The SMILES string of the molecule is CCCCCCCCc1cnc(-c2ccc(OC(=O)c3ccc(OCCCCCCC)c(Br)c3)cc2)nc1. The number of carbonyl (C=O) groups excluding carboxylic acids is 1. The first kappa shape index (κ1) is 29.8. The molecule has 0 atom stereocenters. The van der Waals surface area contributed by atoms with Crippen LogP contribution in [0, 0.1) is 0 Å². The molecular formula is C32H41BrN2O3. The minimum Gasteiger partial charge on any atom is -0.492 e. The van der Waals surface area contributed by atoms with Gasteiger partial charge in [0.2, 0.25) is 0 Å². The number of carbonyl (C=O) groups is 1. The van der Waals surface area contributed by atoms with E-state index in [9.17, 15) is 4.79 Å². The number of aryl methyl sites for hydroxylation is 1. The van der Waals surface area contributed by atoms with Gasteiger partial charge in [0.1, 0.15) is 11.5 Å². The summed E-state index contributed by atoms with van der Waals surface area (Å²) in [5, 5.41) is 0. The van der Waals surface area contributed by atoms with Crippen molar-refractivity contribution in [3.8, 4) is 22.9 Å². The molecule has 5 nitrogen and oxygen atoms in total. The molecule has 204 valence electrons. The minimum atomic E-state index is -0.417. The fraction of sp³-hybridized carbons (Fsp3) is 0.469. The second-order valence-corrected chi connectivity index (χ2v) is 10.6. The number of hydrogen-bond acceptors (Lipinski definition) is 5. The molecule has 38 heavy (non-hydrogen) atoms. The molecule has 0 saturated heterocycles. The highest BCUT2D eigenvalue weighted by Gasteiger charge is 2.12. The zero-order valence-corrected chi connectivity index (χ0v) is 24.5. The quantitative estimate of drug-likeness (QED) is 0.0903. The van der Waals surface area contributed by atoms with Gasteiger partial charge < -0.3 is 9.47 Å². The summed E-state index contributed by atoms with van der Waals surface area (Å²) in [5.74, 6) is 1.46. The summed E-state index contributed by atoms with van der Waals surface area (Å²) in [6.07, 6.45) is 18.5. The molecule has 0 radical (unpaired) electrons. The molecule has 1 heterocycles. The number of rotatable bonds is 17. The largest absolute Gasteiger partial charge is 0.492 e. The predicted octanol–water partition coefficient (Wildman–Crippen LogP) is 9.38. The van der Waals surface area contributed by atoms with Crippen LogP contribution in [0.5, 0.6) is 11.5 Å². The Labute approximate surface area is 236 Å². The van der Waals surface area contributed by atoms with Gasteiger partial charge >= 0.3 is 5.97 Å². The van der Waals surface area contributed by atoms with Crippen LogP contribution in [0.25, 0.3) is 11.4 Å². The van der Waals surface area contributed by atoms with E-state index in [1.165, 1.54) is 69.8 Å². The molecule has 3 rings (SSSR count). The normalized spacial score (nSPS) is 10.9. The molecule has 0 aliphatic heterocycles. The van der Waals surface area contributed by atoms with Gasteiger partial charge in [0, 0.05) is 18.0 Å². The first-order chi connectivity index (χ1) is 18.6. The lowest BCUT2D eigenvalue weighted by atomic mass is 10.1. The average Bonchev–Trinajstić information content (AvgIpc) is 2.94. The number of halogens is 1. The minimum absolute atomic E-state index is 0.417. The van der Waals surface area contributed by atoms with E-state index in [0.717, 1.165) is 28.6 Å². The summed E-state index contributed by atoms with van der Waals surface area (Å²) < 4.78 is 12.2. The molecule has 0 unspecified atom stereocenters. The van der Waals surface area contributed by atoms with E-state index < -0.39 is 5.97 Å². The third-order valence-corrected chi connectivity index (χ3v) is 7.14. The second kappa shape index (κ2) is 17.0. The van der Waals surface area contributed by atoms with Crippen LogP contribution in [0.15, 0.2) is 59.3 Å². The third kappa shape index (κ3) is 10.2. The van der Waals surface area contributed by atoms with Crippen molar-refractivity contribution in [3.05, 3.63) is 70.5 Å². The highest BCUT2D eigenvalue weighted by Crippen LogP contribution is 2.27. The fourth-order valence-electron chi connectivity index (χ4n) is 4.21. The van der Waals surface area contributed by atoms with Crippen LogP contribution < -0.4 is 9.47 Å². The van der Waals surface area contributed by atoms with Crippen LogP contribution in [0.3, 0.4) is 0 Å². The van der Waals surface area contributed by atoms with Crippen molar-refractivity contribution in [1.29, 1.82) is 0 Å². The Kier molecular flexibility index (Phi) is 13.3. The highest BCUT2D eigenvalue weighted by atomic mass is 79.9. The molecule has 0 spiro atoms. The Hall–Kier alpha value is -2.73. The van der Waals surface area contributed by atoms with E-state index in [2.05, 4.69) is 39.7 Å². The Morgan fingerprint density at radius 2 is 1.42 bits per heavy atom. The van der Waals surface area contributed by atoms with Gasteiger partial charge in [-0.3, -0.25) is 0 Å². The zero-order chi connectivity index (χ0) is 27.0. The van der Waals surface area contributed by atoms with Gasteiger partial charge in [0.15, 0.2) is 5.82 Å². The lowest BCUT2D eigenvalue weighted by Crippen LogP contribution is -2.09. The predicted molar refractivity (Wildman–Crippen MR) is 158 cm³/mol. The Bertz CT molecular complexity index is 1100.